The van der Waals surface area contributed by atoms with E-state index in [1.54, 1.807) is 23.0 Å². The van der Waals surface area contributed by atoms with Crippen molar-refractivity contribution < 1.29 is 48.9 Å². The van der Waals surface area contributed by atoms with Crippen LogP contribution in [0.5, 0.6) is 0 Å². The zero-order valence-electron chi connectivity index (χ0n) is 23.2. The summed E-state index contributed by atoms with van der Waals surface area (Å²) in [6.07, 6.45) is 1.87. The predicted molar refractivity (Wildman–Crippen MR) is 147 cm³/mol. The molecule has 0 bridgehead atoms. The van der Waals surface area contributed by atoms with Crippen LogP contribution in [-0.4, -0.2) is 97.6 Å². The van der Waals surface area contributed by atoms with E-state index < -0.39 is 47.4 Å². The number of nitrogens with zero attached hydrogens (tertiary/aromatic N) is 4. The number of nitro benzene ring substituents is 1. The van der Waals surface area contributed by atoms with Gasteiger partial charge in [0.15, 0.2) is 0 Å². The molecular weight excluding hydrogens is 574 g/mol. The van der Waals surface area contributed by atoms with E-state index in [0.717, 1.165) is 5.69 Å². The Morgan fingerprint density at radius 1 is 0.930 bits per heavy atom. The third-order valence-electron chi connectivity index (χ3n) is 5.85. The fourth-order valence-corrected chi connectivity index (χ4v) is 3.64. The lowest BCUT2D eigenvalue weighted by Gasteiger charge is -2.18. The fourth-order valence-electron chi connectivity index (χ4n) is 3.64. The Bertz CT molecular complexity index is 1210. The molecule has 2 atom stereocenters. The van der Waals surface area contributed by atoms with Gasteiger partial charge in [0.1, 0.15) is 17.8 Å². The number of aliphatic carboxylic acids is 3. The maximum atomic E-state index is 12.1. The van der Waals surface area contributed by atoms with Crippen LogP contribution in [-0.2, 0) is 37.0 Å². The number of urea groups is 1. The Balaban J connectivity index is 1.58. The molecule has 1 aromatic heterocycles. The first-order chi connectivity index (χ1) is 20.5. The summed E-state index contributed by atoms with van der Waals surface area (Å²) in [6, 6.07) is 2.32. The van der Waals surface area contributed by atoms with Crippen LogP contribution in [0, 0.1) is 10.1 Å². The van der Waals surface area contributed by atoms with Gasteiger partial charge < -0.3 is 40.7 Å². The number of hydrogen-bond donors (Lipinski definition) is 6. The summed E-state index contributed by atoms with van der Waals surface area (Å²) in [6.45, 7) is 2.26. The number of aromatic nitrogens is 3. The van der Waals surface area contributed by atoms with Gasteiger partial charge in [-0.05, 0) is 37.8 Å². The number of hydrogen-bond acceptors (Lipinski definition) is 11. The largest absolute Gasteiger partial charge is 0.481 e. The van der Waals surface area contributed by atoms with Gasteiger partial charge >= 0.3 is 23.9 Å². The predicted octanol–water partition coefficient (Wildman–Crippen LogP) is 1.07. The number of amides is 2. The number of benzene rings is 1. The van der Waals surface area contributed by atoms with Crippen LogP contribution in [0.1, 0.15) is 37.8 Å². The Hall–Kier alpha value is -4.84. The zero-order valence-corrected chi connectivity index (χ0v) is 23.2. The Morgan fingerprint density at radius 2 is 1.58 bits per heavy atom. The molecule has 18 nitrogen and oxygen atoms in total. The topological polar surface area (TPSA) is 257 Å². The Morgan fingerprint density at radius 3 is 2.21 bits per heavy atom. The van der Waals surface area contributed by atoms with Crippen molar-refractivity contribution in [1.29, 1.82) is 0 Å². The number of carbonyl (C=O) groups excluding carboxylic acids is 1. The monoisotopic (exact) mass is 609 g/mol. The van der Waals surface area contributed by atoms with Crippen molar-refractivity contribution in [1.82, 2.24) is 25.6 Å². The molecule has 0 spiro atoms. The minimum atomic E-state index is -1.47. The van der Waals surface area contributed by atoms with Crippen molar-refractivity contribution in [3.63, 3.8) is 0 Å². The lowest BCUT2D eigenvalue weighted by Crippen LogP contribution is -2.51. The van der Waals surface area contributed by atoms with E-state index in [2.05, 4.69) is 26.3 Å². The second-order valence-corrected chi connectivity index (χ2v) is 9.20. The first-order valence-electron chi connectivity index (χ1n) is 13.3. The van der Waals surface area contributed by atoms with Gasteiger partial charge in [0, 0.05) is 37.3 Å². The van der Waals surface area contributed by atoms with Gasteiger partial charge in [-0.15, -0.1) is 5.10 Å². The van der Waals surface area contributed by atoms with E-state index in [4.69, 9.17) is 19.7 Å². The quantitative estimate of drug-likeness (QED) is 0.0620. The van der Waals surface area contributed by atoms with Crippen molar-refractivity contribution in [3.05, 3.63) is 46.3 Å². The fraction of sp³-hybridized carbons (Fsp3) is 0.520. The third-order valence-corrected chi connectivity index (χ3v) is 5.85. The lowest BCUT2D eigenvalue weighted by molar-refractivity contribution is -0.384. The molecule has 6 N–H and O–H groups in total. The number of anilines is 1. The van der Waals surface area contributed by atoms with Crippen LogP contribution in [0.15, 0.2) is 30.5 Å². The second kappa shape index (κ2) is 18.6. The van der Waals surface area contributed by atoms with E-state index in [0.29, 0.717) is 51.4 Å². The summed E-state index contributed by atoms with van der Waals surface area (Å²) in [7, 11) is 0. The van der Waals surface area contributed by atoms with Gasteiger partial charge in [-0.3, -0.25) is 19.6 Å². The Kier molecular flexibility index (Phi) is 14.8. The summed E-state index contributed by atoms with van der Waals surface area (Å²) in [5.41, 5.74) is 1.36. The first kappa shape index (κ1) is 34.4. The molecule has 2 rings (SSSR count). The maximum Gasteiger partial charge on any atom is 0.326 e. The number of rotatable bonds is 22. The molecule has 43 heavy (non-hydrogen) atoms. The van der Waals surface area contributed by atoms with Crippen LogP contribution in [0.3, 0.4) is 0 Å². The van der Waals surface area contributed by atoms with Crippen LogP contribution < -0.4 is 16.0 Å². The van der Waals surface area contributed by atoms with Gasteiger partial charge in [0.2, 0.25) is 0 Å². The summed E-state index contributed by atoms with van der Waals surface area (Å²) in [5.74, 6) is -3.95. The summed E-state index contributed by atoms with van der Waals surface area (Å²) in [5, 5.41) is 53.2. The molecule has 1 heterocycles. The molecule has 18 heteroatoms. The lowest BCUT2D eigenvalue weighted by atomic mass is 10.1. The van der Waals surface area contributed by atoms with Crippen molar-refractivity contribution in [2.75, 3.05) is 31.7 Å². The van der Waals surface area contributed by atoms with Gasteiger partial charge in [0.05, 0.1) is 37.5 Å². The number of nitrogens with one attached hydrogen (secondary N) is 3. The number of aryl methyl sites for hydroxylation is 1. The molecule has 0 saturated heterocycles. The minimum Gasteiger partial charge on any atom is -0.481 e. The Labute approximate surface area is 245 Å². The number of carboxylic acid groups (broad SMARTS) is 3. The molecule has 0 fully saturated rings. The minimum absolute atomic E-state index is 0.0213. The molecule has 0 radical (unpaired) electrons. The van der Waals surface area contributed by atoms with Crippen molar-refractivity contribution in [2.24, 2.45) is 0 Å². The molecule has 0 aliphatic carbocycles. The van der Waals surface area contributed by atoms with Crippen molar-refractivity contribution in [3.8, 4) is 0 Å². The maximum absolute atomic E-state index is 12.1. The number of non-ortho nitro benzene ring substituents is 1. The highest BCUT2D eigenvalue weighted by Gasteiger charge is 2.24. The highest BCUT2D eigenvalue weighted by atomic mass is 16.6. The van der Waals surface area contributed by atoms with Crippen molar-refractivity contribution in [2.45, 2.75) is 57.3 Å². The van der Waals surface area contributed by atoms with Gasteiger partial charge in [0.25, 0.3) is 5.69 Å². The van der Waals surface area contributed by atoms with Crippen LogP contribution in [0.25, 0.3) is 0 Å². The number of carboxylic acids is 3. The SMILES string of the molecule is O=C(O)CC[C@H](NC(=O)N[C@@H](CCCCn1cc(COCCOCCNc2ccc([N+](=O)[O-])cc2)nn1)C(=O)O)C(=O)O. The van der Waals surface area contributed by atoms with Gasteiger partial charge in [-0.25, -0.2) is 14.4 Å². The molecule has 0 aliphatic rings. The third kappa shape index (κ3) is 14.1. The van der Waals surface area contributed by atoms with Crippen LogP contribution in [0.4, 0.5) is 16.2 Å². The highest BCUT2D eigenvalue weighted by Crippen LogP contribution is 2.15. The van der Waals surface area contributed by atoms with Crippen LogP contribution in [0.2, 0.25) is 0 Å². The molecule has 236 valence electrons. The first-order valence-corrected chi connectivity index (χ1v) is 13.3. The van der Waals surface area contributed by atoms with E-state index in [1.807, 2.05) is 0 Å². The normalized spacial score (nSPS) is 12.2. The average molecular weight is 610 g/mol. The number of carbonyl (C=O) groups is 4. The van der Waals surface area contributed by atoms with E-state index >= 15 is 0 Å². The van der Waals surface area contributed by atoms with E-state index in [-0.39, 0.29) is 25.1 Å². The van der Waals surface area contributed by atoms with E-state index in [1.165, 1.54) is 12.1 Å². The summed E-state index contributed by atoms with van der Waals surface area (Å²) >= 11 is 0. The second-order valence-electron chi connectivity index (χ2n) is 9.20. The molecule has 0 aliphatic heterocycles. The molecule has 1 aromatic carbocycles. The van der Waals surface area contributed by atoms with Gasteiger partial charge in [-0.1, -0.05) is 5.21 Å². The van der Waals surface area contributed by atoms with Crippen molar-refractivity contribution >= 4 is 35.3 Å². The smallest absolute Gasteiger partial charge is 0.326 e. The molecule has 0 unspecified atom stereocenters. The zero-order chi connectivity index (χ0) is 31.6. The molecular formula is C25H35N7O11. The molecule has 2 amide bonds. The average Bonchev–Trinajstić information content (AvgIpc) is 3.41. The molecule has 0 saturated carbocycles. The van der Waals surface area contributed by atoms with Crippen LogP contribution >= 0.6 is 0 Å². The standard InChI is InChI=1S/C25H35N7O11/c33-22(34)9-8-21(24(37)38)28-25(39)27-20(23(35)36)3-1-2-11-31-15-18(29-30-31)16-43-14-13-42-12-10-26-17-4-6-19(7-5-17)32(40)41/h4-7,15,20-21,26H,1-3,8-14,16H2,(H,33,34)(H,35,36)(H,37,38)(H2,27,28,39)/t20-,21-/m0/s1. The number of nitro groups is 1. The number of unbranched alkanes of at least 4 members (excludes halogenated alkanes) is 1. The highest BCUT2D eigenvalue weighted by molar-refractivity contribution is 5.86. The number of ether oxygens (including phenoxy) is 2. The summed E-state index contributed by atoms with van der Waals surface area (Å²) in [4.78, 5) is 55.6. The molecule has 2 aromatic rings. The summed E-state index contributed by atoms with van der Waals surface area (Å²) < 4.78 is 12.6. The van der Waals surface area contributed by atoms with Gasteiger partial charge in [-0.2, -0.15) is 0 Å². The van der Waals surface area contributed by atoms with E-state index in [9.17, 15) is 34.4 Å².